The number of aliphatic hydroxyl groups excluding tert-OH is 1. The summed E-state index contributed by atoms with van der Waals surface area (Å²) in [5.74, 6) is -1.41. The van der Waals surface area contributed by atoms with Crippen molar-refractivity contribution in [2.45, 2.75) is 65.0 Å². The van der Waals surface area contributed by atoms with Gasteiger partial charge in [0, 0.05) is 43.9 Å². The van der Waals surface area contributed by atoms with Crippen LogP contribution in [0.3, 0.4) is 0 Å². The number of carbonyl (C=O) groups excluding carboxylic acids is 2. The van der Waals surface area contributed by atoms with Gasteiger partial charge in [-0.3, -0.25) is 4.79 Å². The molecule has 6 atom stereocenters. The summed E-state index contributed by atoms with van der Waals surface area (Å²) < 4.78 is 16.6. The largest absolute Gasteiger partial charge is 0.506 e. The lowest BCUT2D eigenvalue weighted by molar-refractivity contribution is -0.112. The number of nitrogens with two attached hydrogens (primary N) is 1. The van der Waals surface area contributed by atoms with E-state index in [4.69, 9.17) is 19.9 Å². The van der Waals surface area contributed by atoms with Crippen LogP contribution in [0.5, 0.6) is 11.5 Å². The van der Waals surface area contributed by atoms with Gasteiger partial charge in [-0.2, -0.15) is 0 Å². The number of rotatable bonds is 6. The molecule has 7 N–H and O–H groups in total. The summed E-state index contributed by atoms with van der Waals surface area (Å²) in [6.45, 7) is 11.1. The summed E-state index contributed by atoms with van der Waals surface area (Å²) in [6.07, 6.45) is 4.64. The maximum Gasteiger partial charge on any atom is 0.405 e. The Morgan fingerprint density at radius 2 is 1.93 bits per heavy atom. The van der Waals surface area contributed by atoms with E-state index >= 15 is 0 Å². The zero-order valence-electron chi connectivity index (χ0n) is 25.2. The van der Waals surface area contributed by atoms with E-state index in [-0.39, 0.29) is 23.1 Å². The van der Waals surface area contributed by atoms with Gasteiger partial charge < -0.3 is 45.9 Å². The van der Waals surface area contributed by atoms with Gasteiger partial charge in [0.25, 0.3) is 5.91 Å². The topological polar surface area (TPSA) is 173 Å². The van der Waals surface area contributed by atoms with E-state index in [1.54, 1.807) is 38.2 Å². The van der Waals surface area contributed by atoms with Gasteiger partial charge in [-0.25, -0.2) is 4.79 Å². The van der Waals surface area contributed by atoms with Gasteiger partial charge in [-0.1, -0.05) is 44.2 Å². The molecule has 0 spiro atoms. The molecule has 1 heterocycles. The van der Waals surface area contributed by atoms with Gasteiger partial charge in [0.2, 0.25) is 0 Å². The molecule has 0 saturated carbocycles. The summed E-state index contributed by atoms with van der Waals surface area (Å²) in [5, 5.41) is 39.1. The standard InChI is InChI=1S/C31H45N3O8/c1-8-12-33-26-21-13-17(2)14-25(41-7)27(36)19(4)15-20(5)29(42-31(32)39)24(40-6)11-9-10-18(3)30(38)34-22(28(21)37)16-23(26)35/h8-11,15-17,19,24-25,27,29,33,35-37H,1,12-14H2,2-7H3,(H2,32,39)(H,34,38)/b11-9-,18-10+,20-15+/t17-,19+,24+,25+,27-,29+/m0/s1. The number of amides is 2. The van der Waals surface area contributed by atoms with Crippen LogP contribution in [-0.2, 0) is 25.4 Å². The summed E-state index contributed by atoms with van der Waals surface area (Å²) in [5.41, 5.74) is 7.01. The Morgan fingerprint density at radius 1 is 1.24 bits per heavy atom. The number of aliphatic hydroxyl groups is 1. The second kappa shape index (κ2) is 16.0. The highest BCUT2D eigenvalue weighted by atomic mass is 16.6. The molecule has 1 aromatic rings. The molecule has 0 radical (unpaired) electrons. The molecule has 1 aliphatic rings. The molecular formula is C31H45N3O8. The molecule has 11 nitrogen and oxygen atoms in total. The maximum atomic E-state index is 13.0. The monoisotopic (exact) mass is 587 g/mol. The number of primary amides is 1. The van der Waals surface area contributed by atoms with Crippen molar-refractivity contribution in [1.82, 2.24) is 0 Å². The van der Waals surface area contributed by atoms with Crippen molar-refractivity contribution >= 4 is 23.4 Å². The molecule has 11 heteroatoms. The third kappa shape index (κ3) is 9.10. The minimum Gasteiger partial charge on any atom is -0.506 e. The normalized spacial score (nSPS) is 29.3. The number of phenols is 2. The fourth-order valence-corrected chi connectivity index (χ4v) is 4.98. The first-order valence-electron chi connectivity index (χ1n) is 13.8. The number of hydrogen-bond acceptors (Lipinski definition) is 9. The van der Waals surface area contributed by atoms with Crippen LogP contribution in [-0.4, -0.2) is 72.5 Å². The Kier molecular flexibility index (Phi) is 13.1. The molecule has 232 valence electrons. The average Bonchev–Trinajstić information content (AvgIpc) is 2.94. The Bertz CT molecular complexity index is 1210. The lowest BCUT2D eigenvalue weighted by Crippen LogP contribution is -2.37. The number of nitrogens with one attached hydrogen (secondary N) is 2. The van der Waals surface area contributed by atoms with Crippen LogP contribution in [0.4, 0.5) is 16.2 Å². The first-order valence-corrected chi connectivity index (χ1v) is 13.8. The van der Waals surface area contributed by atoms with E-state index in [1.807, 2.05) is 13.8 Å². The Hall–Kier alpha value is -3.80. The highest BCUT2D eigenvalue weighted by Gasteiger charge is 2.30. The molecule has 0 aromatic heterocycles. The van der Waals surface area contributed by atoms with Crippen LogP contribution < -0.4 is 16.4 Å². The van der Waals surface area contributed by atoms with Crippen LogP contribution in [0, 0.1) is 11.8 Å². The molecule has 2 amide bonds. The molecule has 1 aromatic carbocycles. The van der Waals surface area contributed by atoms with Gasteiger partial charge in [-0.15, -0.1) is 6.58 Å². The van der Waals surface area contributed by atoms with Crippen LogP contribution in [0.15, 0.2) is 54.2 Å². The molecule has 2 rings (SSSR count). The summed E-state index contributed by atoms with van der Waals surface area (Å²) in [6, 6.07) is 1.28. The molecule has 1 aliphatic heterocycles. The molecule has 2 bridgehead atoms. The average molecular weight is 588 g/mol. The lowest BCUT2D eigenvalue weighted by Gasteiger charge is -2.29. The highest BCUT2D eigenvalue weighted by Crippen LogP contribution is 2.42. The van der Waals surface area contributed by atoms with Crippen LogP contribution in [0.2, 0.25) is 0 Å². The maximum absolute atomic E-state index is 13.0. The Morgan fingerprint density at radius 3 is 2.52 bits per heavy atom. The van der Waals surface area contributed by atoms with E-state index in [9.17, 15) is 24.9 Å². The fourth-order valence-electron chi connectivity index (χ4n) is 4.98. The number of fused-ring (bicyclic) bond motifs is 2. The molecule has 0 unspecified atom stereocenters. The number of phenolic OH excluding ortho intramolecular Hbond substituents is 2. The van der Waals surface area contributed by atoms with Crippen molar-refractivity contribution in [3.05, 3.63) is 59.7 Å². The van der Waals surface area contributed by atoms with Crippen LogP contribution in [0.25, 0.3) is 0 Å². The number of allylic oxidation sites excluding steroid dienone is 2. The summed E-state index contributed by atoms with van der Waals surface area (Å²) >= 11 is 0. The van der Waals surface area contributed by atoms with Crippen molar-refractivity contribution in [2.75, 3.05) is 31.4 Å². The van der Waals surface area contributed by atoms with Gasteiger partial charge in [0.05, 0.1) is 23.6 Å². The SMILES string of the molecule is C=CCNc1c(O)cc2c(O)c1C[C@H](C)C[C@@H](OC)[C@@H](O)[C@H](C)/C=C(\C)[C@@H](OC(N)=O)[C@H](OC)/C=C\C=C(/C)C(=O)N2. The van der Waals surface area contributed by atoms with Crippen molar-refractivity contribution in [1.29, 1.82) is 0 Å². The minimum atomic E-state index is -0.990. The Labute approximate surface area is 247 Å². The number of hydrogen-bond donors (Lipinski definition) is 6. The van der Waals surface area contributed by atoms with E-state index in [1.165, 1.54) is 26.4 Å². The van der Waals surface area contributed by atoms with Gasteiger partial charge >= 0.3 is 6.09 Å². The third-order valence-corrected chi connectivity index (χ3v) is 7.25. The quantitative estimate of drug-likeness (QED) is 0.162. The van der Waals surface area contributed by atoms with Crippen molar-refractivity contribution in [2.24, 2.45) is 17.6 Å². The Balaban J connectivity index is 2.67. The van der Waals surface area contributed by atoms with Gasteiger partial charge in [-0.05, 0) is 38.2 Å². The van der Waals surface area contributed by atoms with E-state index in [0.717, 1.165) is 0 Å². The molecule has 0 saturated heterocycles. The highest BCUT2D eigenvalue weighted by molar-refractivity contribution is 6.04. The first-order chi connectivity index (χ1) is 19.8. The number of methoxy groups -OCH3 is 2. The number of benzene rings is 1. The predicted octanol–water partition coefficient (Wildman–Crippen LogP) is 4.16. The van der Waals surface area contributed by atoms with Crippen molar-refractivity contribution in [3.8, 4) is 11.5 Å². The molecule has 0 aliphatic carbocycles. The number of anilines is 2. The third-order valence-electron chi connectivity index (χ3n) is 7.25. The smallest absolute Gasteiger partial charge is 0.405 e. The van der Waals surface area contributed by atoms with E-state index in [0.29, 0.717) is 41.8 Å². The van der Waals surface area contributed by atoms with Crippen molar-refractivity contribution in [3.63, 3.8) is 0 Å². The number of ether oxygens (including phenoxy) is 3. The fraction of sp³-hybridized carbons (Fsp3) is 0.484. The first kappa shape index (κ1) is 34.4. The van der Waals surface area contributed by atoms with Crippen molar-refractivity contribution < 1.29 is 39.1 Å². The molecule has 0 fully saturated rings. The second-order valence-electron chi connectivity index (χ2n) is 10.6. The zero-order chi connectivity index (χ0) is 31.6. The van der Waals surface area contributed by atoms with Gasteiger partial charge in [0.15, 0.2) is 6.10 Å². The van der Waals surface area contributed by atoms with E-state index < -0.39 is 42.3 Å². The molecular weight excluding hydrogens is 542 g/mol. The summed E-state index contributed by atoms with van der Waals surface area (Å²) in [4.78, 5) is 24.7. The van der Waals surface area contributed by atoms with Crippen LogP contribution in [0.1, 0.15) is 39.7 Å². The molecule has 42 heavy (non-hydrogen) atoms. The van der Waals surface area contributed by atoms with Gasteiger partial charge in [0.1, 0.15) is 17.6 Å². The number of aromatic hydroxyl groups is 2. The second-order valence-corrected chi connectivity index (χ2v) is 10.6. The van der Waals surface area contributed by atoms with Crippen LogP contribution >= 0.6 is 0 Å². The number of carbonyl (C=O) groups is 2. The zero-order valence-corrected chi connectivity index (χ0v) is 25.2. The van der Waals surface area contributed by atoms with E-state index in [2.05, 4.69) is 17.2 Å². The summed E-state index contributed by atoms with van der Waals surface area (Å²) in [7, 11) is 2.95. The lowest BCUT2D eigenvalue weighted by atomic mass is 9.87. The minimum absolute atomic E-state index is 0.0416. The predicted molar refractivity (Wildman–Crippen MR) is 162 cm³/mol.